The number of carbonyl (C=O) groups is 1. The molecule has 3 rings (SSSR count). The van der Waals surface area contributed by atoms with Gasteiger partial charge in [0.1, 0.15) is 5.69 Å². The van der Waals surface area contributed by atoms with Gasteiger partial charge in [-0.15, -0.1) is 36.2 Å². The molecule has 1 aliphatic carbocycles. The van der Waals surface area contributed by atoms with Gasteiger partial charge in [0.05, 0.1) is 5.01 Å². The van der Waals surface area contributed by atoms with Crippen molar-refractivity contribution in [2.75, 3.05) is 19.6 Å². The molecule has 1 aromatic rings. The van der Waals surface area contributed by atoms with E-state index in [-0.39, 0.29) is 30.7 Å². The van der Waals surface area contributed by atoms with Crippen LogP contribution in [0.1, 0.15) is 54.0 Å². The highest BCUT2D eigenvalue weighted by Gasteiger charge is 2.28. The van der Waals surface area contributed by atoms with Gasteiger partial charge in [-0.2, -0.15) is 0 Å². The van der Waals surface area contributed by atoms with Crippen LogP contribution in [-0.2, 0) is 6.42 Å². The summed E-state index contributed by atoms with van der Waals surface area (Å²) >= 11 is 1.52. The smallest absolute Gasteiger partial charge is 0.270 e. The Balaban J connectivity index is 0.00000144. The monoisotopic (exact) mass is 394 g/mol. The van der Waals surface area contributed by atoms with Crippen LogP contribution in [0.15, 0.2) is 5.38 Å². The normalized spacial score (nSPS) is 19.5. The second-order valence-electron chi connectivity index (χ2n) is 6.39. The first kappa shape index (κ1) is 21.6. The van der Waals surface area contributed by atoms with Crippen LogP contribution in [0, 0.1) is 0 Å². The Labute approximate surface area is 160 Å². The number of nitrogens with two attached hydrogens (primary N) is 1. The molecule has 24 heavy (non-hydrogen) atoms. The number of hydrogen-bond acceptors (Lipinski definition) is 5. The van der Waals surface area contributed by atoms with Crippen LogP contribution in [0.25, 0.3) is 0 Å². The highest BCUT2D eigenvalue weighted by molar-refractivity contribution is 7.09. The number of rotatable bonds is 5. The maximum atomic E-state index is 12.3. The lowest BCUT2D eigenvalue weighted by Gasteiger charge is -2.36. The quantitative estimate of drug-likeness (QED) is 0.804. The Hall–Kier alpha value is -0.400. The summed E-state index contributed by atoms with van der Waals surface area (Å²) in [6, 6.07) is 1.10. The van der Waals surface area contributed by atoms with E-state index in [9.17, 15) is 4.79 Å². The average Bonchev–Trinajstić information content (AvgIpc) is 3.20. The largest absolute Gasteiger partial charge is 0.348 e. The van der Waals surface area contributed by atoms with Crippen LogP contribution in [-0.4, -0.2) is 47.5 Å². The predicted molar refractivity (Wildman–Crippen MR) is 104 cm³/mol. The van der Waals surface area contributed by atoms with Gasteiger partial charge in [0.15, 0.2) is 0 Å². The maximum absolute atomic E-state index is 12.3. The number of nitrogens with zero attached hydrogens (tertiary/aromatic N) is 2. The molecule has 3 N–H and O–H groups in total. The number of thiazole rings is 1. The third-order valence-electron chi connectivity index (χ3n) is 4.85. The molecule has 1 saturated heterocycles. The summed E-state index contributed by atoms with van der Waals surface area (Å²) in [5.74, 6) is -0.0289. The Morgan fingerprint density at radius 1 is 1.25 bits per heavy atom. The van der Waals surface area contributed by atoms with Crippen molar-refractivity contribution < 1.29 is 4.79 Å². The van der Waals surface area contributed by atoms with Crippen molar-refractivity contribution in [2.24, 2.45) is 5.73 Å². The summed E-state index contributed by atoms with van der Waals surface area (Å²) in [7, 11) is 0. The van der Waals surface area contributed by atoms with Gasteiger partial charge in [0.25, 0.3) is 5.91 Å². The molecule has 0 bridgehead atoms. The SMILES string of the molecule is Cl.Cl.NCCc1nc(C(=O)NC2CCN(C3CCCC3)CC2)cs1. The van der Waals surface area contributed by atoms with Gasteiger partial charge in [0.2, 0.25) is 0 Å². The van der Waals surface area contributed by atoms with E-state index >= 15 is 0 Å². The van der Waals surface area contributed by atoms with E-state index in [1.165, 1.54) is 37.0 Å². The predicted octanol–water partition coefficient (Wildman–Crippen LogP) is 2.62. The zero-order chi connectivity index (χ0) is 15.4. The molecule has 5 nitrogen and oxygen atoms in total. The molecule has 0 aromatic carbocycles. The van der Waals surface area contributed by atoms with E-state index in [0.29, 0.717) is 18.3 Å². The molecule has 2 fully saturated rings. The lowest BCUT2D eigenvalue weighted by Crippen LogP contribution is -2.47. The van der Waals surface area contributed by atoms with Gasteiger partial charge in [-0.25, -0.2) is 4.98 Å². The fourth-order valence-electron chi connectivity index (χ4n) is 3.59. The van der Waals surface area contributed by atoms with Crippen LogP contribution in [0.5, 0.6) is 0 Å². The molecule has 0 unspecified atom stereocenters. The summed E-state index contributed by atoms with van der Waals surface area (Å²) in [5, 5.41) is 5.94. The van der Waals surface area contributed by atoms with Crippen molar-refractivity contribution >= 4 is 42.1 Å². The molecule has 0 radical (unpaired) electrons. The van der Waals surface area contributed by atoms with Gasteiger partial charge >= 0.3 is 0 Å². The Morgan fingerprint density at radius 3 is 2.54 bits per heavy atom. The van der Waals surface area contributed by atoms with Crippen molar-refractivity contribution in [3.05, 3.63) is 16.1 Å². The zero-order valence-electron chi connectivity index (χ0n) is 13.9. The van der Waals surface area contributed by atoms with Crippen LogP contribution >= 0.6 is 36.2 Å². The number of aromatic nitrogens is 1. The number of nitrogens with one attached hydrogen (secondary N) is 1. The minimum Gasteiger partial charge on any atom is -0.348 e. The van der Waals surface area contributed by atoms with E-state index < -0.39 is 0 Å². The number of hydrogen-bond donors (Lipinski definition) is 2. The number of likely N-dealkylation sites (tertiary alicyclic amines) is 1. The average molecular weight is 395 g/mol. The lowest BCUT2D eigenvalue weighted by atomic mass is 10.0. The van der Waals surface area contributed by atoms with Crippen molar-refractivity contribution in [3.63, 3.8) is 0 Å². The number of carbonyl (C=O) groups excluding carboxylic acids is 1. The van der Waals surface area contributed by atoms with Crippen LogP contribution < -0.4 is 11.1 Å². The van der Waals surface area contributed by atoms with Gasteiger partial charge < -0.3 is 16.0 Å². The van der Waals surface area contributed by atoms with Crippen molar-refractivity contribution in [1.82, 2.24) is 15.2 Å². The number of halogens is 2. The van der Waals surface area contributed by atoms with Gasteiger partial charge in [0, 0.05) is 37.0 Å². The molecule has 0 atom stereocenters. The molecule has 0 spiro atoms. The molecule has 138 valence electrons. The summed E-state index contributed by atoms with van der Waals surface area (Å²) in [4.78, 5) is 19.2. The number of piperidine rings is 1. The highest BCUT2D eigenvalue weighted by atomic mass is 35.5. The molecule has 1 amide bonds. The van der Waals surface area contributed by atoms with E-state index in [2.05, 4.69) is 15.2 Å². The second kappa shape index (κ2) is 10.6. The van der Waals surface area contributed by atoms with Gasteiger partial charge in [-0.05, 0) is 32.2 Å². The van der Waals surface area contributed by atoms with Crippen molar-refractivity contribution in [1.29, 1.82) is 0 Å². The zero-order valence-corrected chi connectivity index (χ0v) is 16.4. The minimum absolute atomic E-state index is 0. The van der Waals surface area contributed by atoms with Crippen LogP contribution in [0.2, 0.25) is 0 Å². The second-order valence-corrected chi connectivity index (χ2v) is 7.33. The first-order valence-electron chi connectivity index (χ1n) is 8.45. The Bertz CT molecular complexity index is 500. The lowest BCUT2D eigenvalue weighted by molar-refractivity contribution is 0.0888. The molecular weight excluding hydrogens is 367 g/mol. The highest BCUT2D eigenvalue weighted by Crippen LogP contribution is 2.26. The van der Waals surface area contributed by atoms with E-state index in [1.807, 2.05) is 5.38 Å². The molecule has 1 aliphatic heterocycles. The summed E-state index contributed by atoms with van der Waals surface area (Å²) in [6.45, 7) is 2.81. The fourth-order valence-corrected chi connectivity index (χ4v) is 4.39. The molecule has 2 heterocycles. The first-order valence-corrected chi connectivity index (χ1v) is 9.33. The number of amides is 1. The third kappa shape index (κ3) is 5.56. The van der Waals surface area contributed by atoms with Gasteiger partial charge in [-0.3, -0.25) is 4.79 Å². The van der Waals surface area contributed by atoms with Crippen molar-refractivity contribution in [3.8, 4) is 0 Å². The summed E-state index contributed by atoms with van der Waals surface area (Å²) in [5.41, 5.74) is 6.07. The minimum atomic E-state index is -0.0289. The molecule has 1 saturated carbocycles. The Morgan fingerprint density at radius 2 is 1.92 bits per heavy atom. The summed E-state index contributed by atoms with van der Waals surface area (Å²) in [6.07, 6.45) is 8.36. The molecule has 1 aromatic heterocycles. The van der Waals surface area contributed by atoms with Gasteiger partial charge in [-0.1, -0.05) is 12.8 Å². The fraction of sp³-hybridized carbons (Fsp3) is 0.750. The Kier molecular flexibility index (Phi) is 9.52. The maximum Gasteiger partial charge on any atom is 0.270 e. The topological polar surface area (TPSA) is 71.2 Å². The van der Waals surface area contributed by atoms with E-state index in [1.54, 1.807) is 0 Å². The van der Waals surface area contributed by atoms with E-state index in [4.69, 9.17) is 5.73 Å². The molecule has 8 heteroatoms. The summed E-state index contributed by atoms with van der Waals surface area (Å²) < 4.78 is 0. The van der Waals surface area contributed by atoms with E-state index in [0.717, 1.165) is 43.4 Å². The molecular formula is C16H28Cl2N4OS. The first-order chi connectivity index (χ1) is 10.8. The van der Waals surface area contributed by atoms with Crippen LogP contribution in [0.4, 0.5) is 0 Å². The third-order valence-corrected chi connectivity index (χ3v) is 5.76. The molecule has 2 aliphatic rings. The standard InChI is InChI=1S/C16H26N4OS.2ClH/c17-8-5-15-19-14(11-22-15)16(21)18-12-6-9-20(10-7-12)13-3-1-2-4-13;;/h11-13H,1-10,17H2,(H,18,21);2*1H. The van der Waals surface area contributed by atoms with Crippen molar-refractivity contribution in [2.45, 2.75) is 57.0 Å². The van der Waals surface area contributed by atoms with Crippen LogP contribution in [0.3, 0.4) is 0 Å².